The largest absolute Gasteiger partial charge is 0.475 e. The zero-order chi connectivity index (χ0) is 20.6. The number of pyridine rings is 1. The van der Waals surface area contributed by atoms with E-state index in [1.807, 2.05) is 12.3 Å². The van der Waals surface area contributed by atoms with Gasteiger partial charge in [0.25, 0.3) is 0 Å². The molecule has 0 saturated carbocycles. The van der Waals surface area contributed by atoms with E-state index in [1.165, 1.54) is 12.3 Å². The standard InChI is InChI=1S/C18H24F3N5OS/c1-4-22-17(25-10-15-26-14(11-28-15)12(2)3)24-8-9-27-16-13(18(19,20)21)6-5-7-23-16/h5-7,11-12H,4,8-10H2,1-3H3,(H2,22,24,25). The van der Waals surface area contributed by atoms with Crippen LogP contribution >= 0.6 is 11.3 Å². The number of thiazole rings is 1. The third-order valence-corrected chi connectivity index (χ3v) is 4.44. The van der Waals surface area contributed by atoms with Crippen molar-refractivity contribution in [2.45, 2.75) is 39.4 Å². The van der Waals surface area contributed by atoms with Gasteiger partial charge >= 0.3 is 6.18 Å². The second kappa shape index (κ2) is 10.3. The van der Waals surface area contributed by atoms with Gasteiger partial charge in [-0.1, -0.05) is 13.8 Å². The summed E-state index contributed by atoms with van der Waals surface area (Å²) < 4.78 is 44.0. The highest BCUT2D eigenvalue weighted by atomic mass is 32.1. The number of aromatic nitrogens is 2. The highest BCUT2D eigenvalue weighted by Crippen LogP contribution is 2.34. The number of alkyl halides is 3. The Morgan fingerprint density at radius 1 is 1.32 bits per heavy atom. The maximum Gasteiger partial charge on any atom is 0.421 e. The molecule has 0 aliphatic heterocycles. The topological polar surface area (TPSA) is 71.4 Å². The van der Waals surface area contributed by atoms with Crippen molar-refractivity contribution in [1.29, 1.82) is 0 Å². The lowest BCUT2D eigenvalue weighted by atomic mass is 10.2. The van der Waals surface area contributed by atoms with Crippen LogP contribution in [-0.4, -0.2) is 35.6 Å². The van der Waals surface area contributed by atoms with Crippen LogP contribution in [0.3, 0.4) is 0 Å². The van der Waals surface area contributed by atoms with E-state index in [0.717, 1.165) is 16.8 Å². The summed E-state index contributed by atoms with van der Waals surface area (Å²) in [6.07, 6.45) is -3.24. The fourth-order valence-electron chi connectivity index (χ4n) is 2.19. The average molecular weight is 415 g/mol. The monoisotopic (exact) mass is 415 g/mol. The van der Waals surface area contributed by atoms with Crippen molar-refractivity contribution in [3.05, 3.63) is 40.0 Å². The molecule has 6 nitrogen and oxygen atoms in total. The van der Waals surface area contributed by atoms with Gasteiger partial charge in [0.05, 0.1) is 18.8 Å². The molecule has 0 aliphatic carbocycles. The number of hydrogen-bond acceptors (Lipinski definition) is 5. The molecule has 0 atom stereocenters. The predicted molar refractivity (Wildman–Crippen MR) is 104 cm³/mol. The number of guanidine groups is 1. The number of rotatable bonds is 8. The molecule has 0 amide bonds. The Balaban J connectivity index is 1.88. The maximum atomic E-state index is 12.9. The summed E-state index contributed by atoms with van der Waals surface area (Å²) in [5.74, 6) is 0.484. The van der Waals surface area contributed by atoms with Crippen LogP contribution in [0.2, 0.25) is 0 Å². The van der Waals surface area contributed by atoms with Gasteiger partial charge in [-0.15, -0.1) is 11.3 Å². The minimum Gasteiger partial charge on any atom is -0.475 e. The second-order valence-corrected chi connectivity index (χ2v) is 7.09. The van der Waals surface area contributed by atoms with Gasteiger partial charge in [0.15, 0.2) is 5.96 Å². The fourth-order valence-corrected chi connectivity index (χ4v) is 3.07. The Labute approximate surface area is 166 Å². The van der Waals surface area contributed by atoms with E-state index in [1.54, 1.807) is 11.3 Å². The van der Waals surface area contributed by atoms with Crippen LogP contribution in [0.5, 0.6) is 5.88 Å². The van der Waals surface area contributed by atoms with Gasteiger partial charge in [-0.3, -0.25) is 0 Å². The lowest BCUT2D eigenvalue weighted by Crippen LogP contribution is -2.39. The van der Waals surface area contributed by atoms with Crippen molar-refractivity contribution < 1.29 is 17.9 Å². The smallest absolute Gasteiger partial charge is 0.421 e. The van der Waals surface area contributed by atoms with Gasteiger partial charge in [-0.25, -0.2) is 15.0 Å². The number of aliphatic imine (C=N–C) groups is 1. The van der Waals surface area contributed by atoms with Gasteiger partial charge in [-0.2, -0.15) is 13.2 Å². The minimum atomic E-state index is -4.50. The normalized spacial score (nSPS) is 12.3. The molecular weight excluding hydrogens is 391 g/mol. The van der Waals surface area contributed by atoms with E-state index in [9.17, 15) is 13.2 Å². The minimum absolute atomic E-state index is 0.0132. The van der Waals surface area contributed by atoms with Crippen LogP contribution in [-0.2, 0) is 12.7 Å². The van der Waals surface area contributed by atoms with E-state index in [4.69, 9.17) is 4.74 Å². The van der Waals surface area contributed by atoms with Crippen molar-refractivity contribution in [2.75, 3.05) is 19.7 Å². The SMILES string of the molecule is CCNC(=NCc1nc(C(C)C)cs1)NCCOc1ncccc1C(F)(F)F. The van der Waals surface area contributed by atoms with Crippen molar-refractivity contribution in [2.24, 2.45) is 4.99 Å². The molecule has 0 saturated heterocycles. The molecular formula is C18H24F3N5OS. The highest BCUT2D eigenvalue weighted by molar-refractivity contribution is 7.09. The number of halogens is 3. The van der Waals surface area contributed by atoms with Crippen LogP contribution in [0.25, 0.3) is 0 Å². The number of ether oxygens (including phenoxy) is 1. The molecule has 0 fully saturated rings. The quantitative estimate of drug-likeness (QED) is 0.390. The third kappa shape index (κ3) is 6.66. The summed E-state index contributed by atoms with van der Waals surface area (Å²) in [4.78, 5) is 12.6. The van der Waals surface area contributed by atoms with E-state index in [-0.39, 0.29) is 13.2 Å². The van der Waals surface area contributed by atoms with Crippen LogP contribution in [0.15, 0.2) is 28.7 Å². The molecule has 0 unspecified atom stereocenters. The first-order chi connectivity index (χ1) is 13.3. The second-order valence-electron chi connectivity index (χ2n) is 6.15. The van der Waals surface area contributed by atoms with E-state index >= 15 is 0 Å². The number of hydrogen-bond donors (Lipinski definition) is 2. The Kier molecular flexibility index (Phi) is 8.04. The van der Waals surface area contributed by atoms with E-state index < -0.39 is 17.6 Å². The maximum absolute atomic E-state index is 12.9. The van der Waals surface area contributed by atoms with Gasteiger partial charge in [-0.05, 0) is 25.0 Å². The molecule has 0 bridgehead atoms. The molecule has 0 spiro atoms. The van der Waals surface area contributed by atoms with Crippen molar-refractivity contribution in [1.82, 2.24) is 20.6 Å². The predicted octanol–water partition coefficient (Wildman–Crippen LogP) is 3.81. The van der Waals surface area contributed by atoms with E-state index in [2.05, 4.69) is 39.4 Å². The molecule has 2 N–H and O–H groups in total. The molecule has 2 aromatic heterocycles. The molecule has 10 heteroatoms. The summed E-state index contributed by atoms with van der Waals surface area (Å²) >= 11 is 1.55. The summed E-state index contributed by atoms with van der Waals surface area (Å²) in [5.41, 5.74) is 0.151. The number of nitrogens with zero attached hydrogens (tertiary/aromatic N) is 3. The highest BCUT2D eigenvalue weighted by Gasteiger charge is 2.34. The first-order valence-electron chi connectivity index (χ1n) is 8.92. The third-order valence-electron chi connectivity index (χ3n) is 3.59. The molecule has 0 aliphatic rings. The van der Waals surface area contributed by atoms with Crippen LogP contribution in [0.1, 0.15) is 43.0 Å². The van der Waals surface area contributed by atoms with Crippen LogP contribution < -0.4 is 15.4 Å². The summed E-state index contributed by atoms with van der Waals surface area (Å²) in [6.45, 7) is 7.46. The fraction of sp³-hybridized carbons (Fsp3) is 0.500. The van der Waals surface area contributed by atoms with E-state index in [0.29, 0.717) is 25.0 Å². The van der Waals surface area contributed by atoms with Crippen LogP contribution in [0.4, 0.5) is 13.2 Å². The van der Waals surface area contributed by atoms with Crippen LogP contribution in [0, 0.1) is 0 Å². The van der Waals surface area contributed by atoms with Crippen molar-refractivity contribution in [3.8, 4) is 5.88 Å². The zero-order valence-electron chi connectivity index (χ0n) is 16.0. The molecule has 2 aromatic rings. The van der Waals surface area contributed by atoms with Gasteiger partial charge in [0.1, 0.15) is 17.2 Å². The van der Waals surface area contributed by atoms with Gasteiger partial charge in [0, 0.05) is 18.1 Å². The Hall–Kier alpha value is -2.36. The van der Waals surface area contributed by atoms with Crippen molar-refractivity contribution >= 4 is 17.3 Å². The molecule has 2 heterocycles. The Morgan fingerprint density at radius 2 is 2.11 bits per heavy atom. The first kappa shape index (κ1) is 21.9. The Morgan fingerprint density at radius 3 is 2.75 bits per heavy atom. The first-order valence-corrected chi connectivity index (χ1v) is 9.80. The molecule has 2 rings (SSSR count). The molecule has 28 heavy (non-hydrogen) atoms. The lowest BCUT2D eigenvalue weighted by molar-refractivity contribution is -0.139. The van der Waals surface area contributed by atoms with Gasteiger partial charge < -0.3 is 15.4 Å². The molecule has 0 aromatic carbocycles. The van der Waals surface area contributed by atoms with Crippen molar-refractivity contribution in [3.63, 3.8) is 0 Å². The summed E-state index contributed by atoms with van der Waals surface area (Å²) in [7, 11) is 0. The molecule has 154 valence electrons. The zero-order valence-corrected chi connectivity index (χ0v) is 16.8. The summed E-state index contributed by atoms with van der Waals surface area (Å²) in [5, 5.41) is 9.04. The van der Waals surface area contributed by atoms with Gasteiger partial charge in [0.2, 0.25) is 5.88 Å². The Bertz CT molecular complexity index is 777. The molecule has 0 radical (unpaired) electrons. The average Bonchev–Trinajstić information content (AvgIpc) is 3.12. The summed E-state index contributed by atoms with van der Waals surface area (Å²) in [6, 6.07) is 2.17. The number of nitrogens with one attached hydrogen (secondary N) is 2. The lowest BCUT2D eigenvalue weighted by Gasteiger charge is -2.14.